The van der Waals surface area contributed by atoms with Gasteiger partial charge in [0.15, 0.2) is 0 Å². The zero-order valence-corrected chi connectivity index (χ0v) is 11.6. The average molecular weight is 257 g/mol. The molecule has 18 heavy (non-hydrogen) atoms. The molecule has 0 spiro atoms. The quantitative estimate of drug-likeness (QED) is 0.738. The molecule has 0 aromatic rings. The first-order chi connectivity index (χ1) is 8.45. The molecule has 6 nitrogen and oxygen atoms in total. The number of amides is 2. The highest BCUT2D eigenvalue weighted by Crippen LogP contribution is 2.12. The third-order valence-corrected chi connectivity index (χ3v) is 3.19. The fourth-order valence-corrected chi connectivity index (χ4v) is 2.12. The van der Waals surface area contributed by atoms with Gasteiger partial charge in [-0.15, -0.1) is 0 Å². The first kappa shape index (κ1) is 14.8. The standard InChI is InChI=1S/C12H23N3O3/c1-9(11(16)18-4)13-10-5-7-15(8-6-10)12(17)14(2)3/h9-10,13H,5-8H2,1-4H3. The molecular formula is C12H23N3O3. The van der Waals surface area contributed by atoms with E-state index in [0.29, 0.717) is 0 Å². The van der Waals surface area contributed by atoms with Gasteiger partial charge in [0.1, 0.15) is 6.04 Å². The van der Waals surface area contributed by atoms with Gasteiger partial charge in [-0.25, -0.2) is 4.79 Å². The average Bonchev–Trinajstić information content (AvgIpc) is 2.37. The van der Waals surface area contributed by atoms with Crippen molar-refractivity contribution in [3.05, 3.63) is 0 Å². The van der Waals surface area contributed by atoms with Crippen molar-refractivity contribution in [3.8, 4) is 0 Å². The first-order valence-electron chi connectivity index (χ1n) is 6.25. The van der Waals surface area contributed by atoms with Crippen LogP contribution in [0.15, 0.2) is 0 Å². The molecule has 1 aliphatic heterocycles. The molecule has 0 aromatic heterocycles. The van der Waals surface area contributed by atoms with Crippen molar-refractivity contribution in [1.82, 2.24) is 15.1 Å². The van der Waals surface area contributed by atoms with Gasteiger partial charge in [0.2, 0.25) is 0 Å². The monoisotopic (exact) mass is 257 g/mol. The Labute approximate surface area is 108 Å². The third kappa shape index (κ3) is 3.87. The lowest BCUT2D eigenvalue weighted by Crippen LogP contribution is -2.50. The van der Waals surface area contributed by atoms with Crippen LogP contribution < -0.4 is 5.32 Å². The molecule has 6 heteroatoms. The summed E-state index contributed by atoms with van der Waals surface area (Å²) in [5.41, 5.74) is 0. The summed E-state index contributed by atoms with van der Waals surface area (Å²) in [5, 5.41) is 3.23. The second-order valence-corrected chi connectivity index (χ2v) is 4.85. The number of piperidine rings is 1. The lowest BCUT2D eigenvalue weighted by molar-refractivity contribution is -0.142. The maximum atomic E-state index is 11.7. The number of nitrogens with one attached hydrogen (secondary N) is 1. The van der Waals surface area contributed by atoms with Gasteiger partial charge in [0, 0.05) is 33.2 Å². The smallest absolute Gasteiger partial charge is 0.322 e. The molecule has 0 bridgehead atoms. The van der Waals surface area contributed by atoms with Gasteiger partial charge in [-0.1, -0.05) is 0 Å². The number of esters is 1. The van der Waals surface area contributed by atoms with Crippen LogP contribution in [0.3, 0.4) is 0 Å². The lowest BCUT2D eigenvalue weighted by atomic mass is 10.0. The van der Waals surface area contributed by atoms with Gasteiger partial charge in [-0.3, -0.25) is 4.79 Å². The molecule has 104 valence electrons. The second-order valence-electron chi connectivity index (χ2n) is 4.85. The summed E-state index contributed by atoms with van der Waals surface area (Å²) in [7, 11) is 4.90. The topological polar surface area (TPSA) is 61.9 Å². The van der Waals surface area contributed by atoms with Gasteiger partial charge in [0.25, 0.3) is 0 Å². The summed E-state index contributed by atoms with van der Waals surface area (Å²) in [6.45, 7) is 3.24. The number of carbonyl (C=O) groups excluding carboxylic acids is 2. The van der Waals surface area contributed by atoms with E-state index in [9.17, 15) is 9.59 Å². The minimum absolute atomic E-state index is 0.0504. The maximum Gasteiger partial charge on any atom is 0.322 e. The Morgan fingerprint density at radius 1 is 1.33 bits per heavy atom. The Morgan fingerprint density at radius 3 is 2.33 bits per heavy atom. The Balaban J connectivity index is 2.36. The van der Waals surface area contributed by atoms with E-state index >= 15 is 0 Å². The molecular weight excluding hydrogens is 234 g/mol. The summed E-state index contributed by atoms with van der Waals surface area (Å²) in [6, 6.07) is 0.0240. The summed E-state index contributed by atoms with van der Waals surface area (Å²) in [6.07, 6.45) is 1.72. The van der Waals surface area contributed by atoms with Crippen molar-refractivity contribution in [3.63, 3.8) is 0 Å². The molecule has 1 saturated heterocycles. The molecule has 1 aliphatic rings. The summed E-state index contributed by atoms with van der Waals surface area (Å²) >= 11 is 0. The van der Waals surface area contributed by atoms with Gasteiger partial charge < -0.3 is 19.9 Å². The van der Waals surface area contributed by atoms with Gasteiger partial charge in [-0.05, 0) is 19.8 Å². The van der Waals surface area contributed by atoms with E-state index in [2.05, 4.69) is 10.1 Å². The number of hydrogen-bond acceptors (Lipinski definition) is 4. The van der Waals surface area contributed by atoms with E-state index in [4.69, 9.17) is 0 Å². The molecule has 1 rings (SSSR count). The molecule has 1 atom stereocenters. The minimum atomic E-state index is -0.295. The number of likely N-dealkylation sites (tertiary alicyclic amines) is 1. The summed E-state index contributed by atoms with van der Waals surface area (Å²) in [5.74, 6) is -0.248. The normalized spacial score (nSPS) is 18.3. The number of methoxy groups -OCH3 is 1. The van der Waals surface area contributed by atoms with Crippen molar-refractivity contribution in [2.45, 2.75) is 31.8 Å². The third-order valence-electron chi connectivity index (χ3n) is 3.19. The molecule has 0 radical (unpaired) electrons. The van der Waals surface area contributed by atoms with Crippen molar-refractivity contribution in [1.29, 1.82) is 0 Å². The Bertz CT molecular complexity index is 299. The Morgan fingerprint density at radius 2 is 1.89 bits per heavy atom. The number of urea groups is 1. The van der Waals surface area contributed by atoms with Crippen LogP contribution in [0.4, 0.5) is 4.79 Å². The zero-order valence-electron chi connectivity index (χ0n) is 11.6. The van der Waals surface area contributed by atoms with Crippen LogP contribution in [0.1, 0.15) is 19.8 Å². The van der Waals surface area contributed by atoms with Crippen LogP contribution in [-0.4, -0.2) is 68.2 Å². The van der Waals surface area contributed by atoms with Crippen LogP contribution >= 0.6 is 0 Å². The van der Waals surface area contributed by atoms with Crippen molar-refractivity contribution < 1.29 is 14.3 Å². The van der Waals surface area contributed by atoms with Crippen molar-refractivity contribution >= 4 is 12.0 Å². The Kier molecular flexibility index (Phi) is 5.40. The van der Waals surface area contributed by atoms with Crippen LogP contribution in [0.25, 0.3) is 0 Å². The maximum absolute atomic E-state index is 11.7. The van der Waals surface area contributed by atoms with Crippen molar-refractivity contribution in [2.75, 3.05) is 34.3 Å². The van der Waals surface area contributed by atoms with Crippen LogP contribution in [0.2, 0.25) is 0 Å². The van der Waals surface area contributed by atoms with E-state index in [1.165, 1.54) is 7.11 Å². The van der Waals surface area contributed by atoms with Crippen LogP contribution in [0.5, 0.6) is 0 Å². The highest BCUT2D eigenvalue weighted by Gasteiger charge is 2.25. The molecule has 0 saturated carbocycles. The number of ether oxygens (including phenoxy) is 1. The number of hydrogen-bond donors (Lipinski definition) is 1. The van der Waals surface area contributed by atoms with E-state index in [1.54, 1.807) is 25.9 Å². The summed E-state index contributed by atoms with van der Waals surface area (Å²) < 4.78 is 4.67. The van der Waals surface area contributed by atoms with Crippen LogP contribution in [-0.2, 0) is 9.53 Å². The van der Waals surface area contributed by atoms with Crippen molar-refractivity contribution in [2.24, 2.45) is 0 Å². The molecule has 0 aliphatic carbocycles. The second kappa shape index (κ2) is 6.58. The molecule has 1 heterocycles. The van der Waals surface area contributed by atoms with Gasteiger partial charge >= 0.3 is 12.0 Å². The fraction of sp³-hybridized carbons (Fsp3) is 0.833. The van der Waals surface area contributed by atoms with Gasteiger partial charge in [0.05, 0.1) is 7.11 Å². The van der Waals surface area contributed by atoms with E-state index in [1.807, 2.05) is 4.90 Å². The SMILES string of the molecule is COC(=O)C(C)NC1CCN(C(=O)N(C)C)CC1. The molecule has 2 amide bonds. The number of nitrogens with zero attached hydrogens (tertiary/aromatic N) is 2. The predicted octanol–water partition coefficient (Wildman–Crippen LogP) is 0.284. The lowest BCUT2D eigenvalue weighted by Gasteiger charge is -2.34. The highest BCUT2D eigenvalue weighted by molar-refractivity contribution is 5.75. The first-order valence-corrected chi connectivity index (χ1v) is 6.25. The largest absolute Gasteiger partial charge is 0.468 e. The number of rotatable bonds is 3. The van der Waals surface area contributed by atoms with E-state index in [-0.39, 0.29) is 24.1 Å². The molecule has 1 unspecified atom stereocenters. The van der Waals surface area contributed by atoms with E-state index in [0.717, 1.165) is 25.9 Å². The predicted molar refractivity (Wildman–Crippen MR) is 68.3 cm³/mol. The highest BCUT2D eigenvalue weighted by atomic mass is 16.5. The molecule has 1 N–H and O–H groups in total. The van der Waals surface area contributed by atoms with Gasteiger partial charge in [-0.2, -0.15) is 0 Å². The Hall–Kier alpha value is -1.30. The van der Waals surface area contributed by atoms with E-state index < -0.39 is 0 Å². The summed E-state index contributed by atoms with van der Waals surface area (Å²) in [4.78, 5) is 26.5. The number of carbonyl (C=O) groups is 2. The minimum Gasteiger partial charge on any atom is -0.468 e. The van der Waals surface area contributed by atoms with Crippen LogP contribution in [0, 0.1) is 0 Å². The zero-order chi connectivity index (χ0) is 13.7. The molecule has 1 fully saturated rings. The fourth-order valence-electron chi connectivity index (χ4n) is 2.12. The molecule has 0 aromatic carbocycles.